The molecule has 0 atom stereocenters. The van der Waals surface area contributed by atoms with Crippen molar-refractivity contribution < 1.29 is 9.53 Å². The van der Waals surface area contributed by atoms with Crippen LogP contribution in [0.25, 0.3) is 0 Å². The summed E-state index contributed by atoms with van der Waals surface area (Å²) >= 11 is 5.97. The van der Waals surface area contributed by atoms with Gasteiger partial charge in [0, 0.05) is 0 Å². The molecule has 94 valence electrons. The first-order valence-corrected chi connectivity index (χ1v) is 5.86. The van der Waals surface area contributed by atoms with E-state index in [0.29, 0.717) is 10.7 Å². The molecule has 0 heterocycles. The van der Waals surface area contributed by atoms with E-state index >= 15 is 0 Å². The second-order valence-corrected chi connectivity index (χ2v) is 5.34. The summed E-state index contributed by atoms with van der Waals surface area (Å²) in [5.41, 5.74) is 1.34. The van der Waals surface area contributed by atoms with Gasteiger partial charge in [-0.15, -0.1) is 0 Å². The number of carbonyl (C=O) groups is 1. The Hall–Kier alpha value is -1.06. The van der Waals surface area contributed by atoms with Crippen LogP contribution < -0.4 is 5.32 Å². The molecule has 0 radical (unpaired) electrons. The molecular formula is C13H18ClNO2. The molecule has 0 unspecified atom stereocenters. The van der Waals surface area contributed by atoms with E-state index in [2.05, 4.69) is 5.32 Å². The van der Waals surface area contributed by atoms with Crippen molar-refractivity contribution in [2.24, 2.45) is 0 Å². The van der Waals surface area contributed by atoms with Gasteiger partial charge < -0.3 is 10.1 Å². The molecule has 0 spiro atoms. The first-order chi connectivity index (χ1) is 7.78. The zero-order chi connectivity index (χ0) is 13.1. The van der Waals surface area contributed by atoms with Crippen molar-refractivity contribution in [2.75, 3.05) is 11.9 Å². The number of hydrogen-bond acceptors (Lipinski definition) is 2. The molecule has 17 heavy (non-hydrogen) atoms. The van der Waals surface area contributed by atoms with Gasteiger partial charge in [-0.2, -0.15) is 0 Å². The summed E-state index contributed by atoms with van der Waals surface area (Å²) in [6.07, 6.45) is 0. The molecule has 0 aliphatic heterocycles. The largest absolute Gasteiger partial charge is 0.366 e. The standard InChI is InChI=1S/C13H18ClNO2/c1-9-5-6-10(14)11(7-9)15-12(16)8-17-13(2,3)4/h5-7H,8H2,1-4H3,(H,15,16). The summed E-state index contributed by atoms with van der Waals surface area (Å²) in [6, 6.07) is 5.48. The average Bonchev–Trinajstić information content (AvgIpc) is 2.20. The fourth-order valence-electron chi connectivity index (χ4n) is 1.20. The highest BCUT2D eigenvalue weighted by Gasteiger charge is 2.13. The third-order valence-corrected chi connectivity index (χ3v) is 2.36. The zero-order valence-electron chi connectivity index (χ0n) is 10.6. The van der Waals surface area contributed by atoms with Gasteiger partial charge in [-0.25, -0.2) is 0 Å². The Bertz CT molecular complexity index is 410. The molecule has 0 fully saturated rings. The highest BCUT2D eigenvalue weighted by Crippen LogP contribution is 2.22. The van der Waals surface area contributed by atoms with E-state index in [0.717, 1.165) is 5.56 Å². The highest BCUT2D eigenvalue weighted by atomic mass is 35.5. The van der Waals surface area contributed by atoms with Crippen LogP contribution in [-0.4, -0.2) is 18.1 Å². The van der Waals surface area contributed by atoms with E-state index in [1.807, 2.05) is 39.8 Å². The molecule has 1 aromatic carbocycles. The van der Waals surface area contributed by atoms with Crippen LogP contribution in [0, 0.1) is 6.92 Å². The molecular weight excluding hydrogens is 238 g/mol. The number of carbonyl (C=O) groups excluding carboxylic acids is 1. The van der Waals surface area contributed by atoms with E-state index in [9.17, 15) is 4.79 Å². The van der Waals surface area contributed by atoms with Gasteiger partial charge in [0.25, 0.3) is 0 Å². The minimum absolute atomic E-state index is 0.0216. The fraction of sp³-hybridized carbons (Fsp3) is 0.462. The lowest BCUT2D eigenvalue weighted by atomic mass is 10.2. The molecule has 1 amide bonds. The maximum atomic E-state index is 11.6. The van der Waals surface area contributed by atoms with Crippen molar-refractivity contribution >= 4 is 23.2 Å². The topological polar surface area (TPSA) is 38.3 Å². The number of rotatable bonds is 3. The first-order valence-electron chi connectivity index (χ1n) is 5.48. The van der Waals surface area contributed by atoms with Gasteiger partial charge in [-0.1, -0.05) is 17.7 Å². The van der Waals surface area contributed by atoms with Crippen molar-refractivity contribution in [2.45, 2.75) is 33.3 Å². The van der Waals surface area contributed by atoms with E-state index in [4.69, 9.17) is 16.3 Å². The highest BCUT2D eigenvalue weighted by molar-refractivity contribution is 6.33. The first kappa shape index (κ1) is 14.0. The molecule has 0 saturated heterocycles. The number of amides is 1. The van der Waals surface area contributed by atoms with Crippen LogP contribution in [0.3, 0.4) is 0 Å². The molecule has 1 aromatic rings. The van der Waals surface area contributed by atoms with Gasteiger partial charge in [0.2, 0.25) is 5.91 Å². The Morgan fingerprint density at radius 3 is 2.65 bits per heavy atom. The Labute approximate surface area is 107 Å². The summed E-state index contributed by atoms with van der Waals surface area (Å²) in [4.78, 5) is 11.6. The number of ether oxygens (including phenoxy) is 1. The van der Waals surface area contributed by atoms with Crippen LogP contribution in [0.5, 0.6) is 0 Å². The van der Waals surface area contributed by atoms with Crippen molar-refractivity contribution in [1.29, 1.82) is 0 Å². The monoisotopic (exact) mass is 255 g/mol. The number of nitrogens with one attached hydrogen (secondary N) is 1. The molecule has 1 N–H and O–H groups in total. The number of halogens is 1. The van der Waals surface area contributed by atoms with Crippen molar-refractivity contribution in [3.63, 3.8) is 0 Å². The van der Waals surface area contributed by atoms with Crippen molar-refractivity contribution in [3.8, 4) is 0 Å². The third-order valence-electron chi connectivity index (χ3n) is 2.03. The van der Waals surface area contributed by atoms with Crippen LogP contribution in [0.4, 0.5) is 5.69 Å². The number of benzene rings is 1. The molecule has 0 aliphatic carbocycles. The zero-order valence-corrected chi connectivity index (χ0v) is 11.4. The van der Waals surface area contributed by atoms with Gasteiger partial charge in [0.05, 0.1) is 16.3 Å². The van der Waals surface area contributed by atoms with E-state index < -0.39 is 0 Å². The van der Waals surface area contributed by atoms with Crippen LogP contribution >= 0.6 is 11.6 Å². The number of hydrogen-bond donors (Lipinski definition) is 1. The Kier molecular flexibility index (Phi) is 4.54. The predicted molar refractivity (Wildman–Crippen MR) is 70.5 cm³/mol. The third kappa shape index (κ3) is 5.20. The van der Waals surface area contributed by atoms with E-state index in [1.165, 1.54) is 0 Å². The second kappa shape index (κ2) is 5.52. The number of aryl methyl sites for hydroxylation is 1. The Balaban J connectivity index is 2.59. The molecule has 3 nitrogen and oxygen atoms in total. The molecule has 0 aromatic heterocycles. The van der Waals surface area contributed by atoms with Gasteiger partial charge in [-0.3, -0.25) is 4.79 Å². The molecule has 0 saturated carbocycles. The molecule has 0 bridgehead atoms. The molecule has 1 rings (SSSR count). The van der Waals surface area contributed by atoms with Gasteiger partial charge in [0.1, 0.15) is 6.61 Å². The minimum Gasteiger partial charge on any atom is -0.366 e. The average molecular weight is 256 g/mol. The quantitative estimate of drug-likeness (QED) is 0.899. The van der Waals surface area contributed by atoms with E-state index in [-0.39, 0.29) is 18.1 Å². The summed E-state index contributed by atoms with van der Waals surface area (Å²) in [5.74, 6) is -0.201. The van der Waals surface area contributed by atoms with Crippen LogP contribution in [0.15, 0.2) is 18.2 Å². The molecule has 4 heteroatoms. The number of anilines is 1. The predicted octanol–water partition coefficient (Wildman–Crippen LogP) is 3.40. The molecule has 0 aliphatic rings. The van der Waals surface area contributed by atoms with Crippen LogP contribution in [0.2, 0.25) is 5.02 Å². The minimum atomic E-state index is -0.326. The Morgan fingerprint density at radius 2 is 2.06 bits per heavy atom. The summed E-state index contributed by atoms with van der Waals surface area (Å²) in [6.45, 7) is 7.67. The lowest BCUT2D eigenvalue weighted by Crippen LogP contribution is -2.27. The van der Waals surface area contributed by atoms with Crippen LogP contribution in [-0.2, 0) is 9.53 Å². The summed E-state index contributed by atoms with van der Waals surface area (Å²) in [5, 5.41) is 3.26. The lowest BCUT2D eigenvalue weighted by molar-refractivity contribution is -0.125. The maximum Gasteiger partial charge on any atom is 0.250 e. The maximum absolute atomic E-state index is 11.6. The fourth-order valence-corrected chi connectivity index (χ4v) is 1.37. The summed E-state index contributed by atoms with van der Waals surface area (Å²) in [7, 11) is 0. The lowest BCUT2D eigenvalue weighted by Gasteiger charge is -2.19. The summed E-state index contributed by atoms with van der Waals surface area (Å²) < 4.78 is 5.38. The van der Waals surface area contributed by atoms with Gasteiger partial charge >= 0.3 is 0 Å². The smallest absolute Gasteiger partial charge is 0.250 e. The van der Waals surface area contributed by atoms with E-state index in [1.54, 1.807) is 6.07 Å². The second-order valence-electron chi connectivity index (χ2n) is 4.93. The van der Waals surface area contributed by atoms with Crippen LogP contribution in [0.1, 0.15) is 26.3 Å². The van der Waals surface area contributed by atoms with Gasteiger partial charge in [0.15, 0.2) is 0 Å². The van der Waals surface area contributed by atoms with Crippen molar-refractivity contribution in [1.82, 2.24) is 0 Å². The van der Waals surface area contributed by atoms with Gasteiger partial charge in [-0.05, 0) is 45.4 Å². The SMILES string of the molecule is Cc1ccc(Cl)c(NC(=O)COC(C)(C)C)c1. The normalized spacial score (nSPS) is 11.4. The Morgan fingerprint density at radius 1 is 1.41 bits per heavy atom. The van der Waals surface area contributed by atoms with Crippen molar-refractivity contribution in [3.05, 3.63) is 28.8 Å².